The summed E-state index contributed by atoms with van der Waals surface area (Å²) in [5.41, 5.74) is 0.799. The minimum atomic E-state index is -1.05. The van der Waals surface area contributed by atoms with Crippen LogP contribution in [0.1, 0.15) is 53.7 Å². The molecule has 1 aromatic heterocycles. The van der Waals surface area contributed by atoms with Gasteiger partial charge < -0.3 is 20.3 Å². The highest BCUT2D eigenvalue weighted by Crippen LogP contribution is 2.39. The third-order valence-electron chi connectivity index (χ3n) is 6.52. The molecule has 9 heteroatoms. The Bertz CT molecular complexity index is 1250. The zero-order valence-corrected chi connectivity index (χ0v) is 20.3. The SMILES string of the molecule is Cc1ccccc1C(CNC(=O)c1cc(OC[C@@](C)(O)C2CC2)n(-c2ccccc2F)n1)CC(=O)O. The van der Waals surface area contributed by atoms with Crippen LogP contribution in [-0.4, -0.2) is 50.6 Å². The average molecular weight is 496 g/mol. The van der Waals surface area contributed by atoms with Crippen LogP contribution < -0.4 is 10.1 Å². The Morgan fingerprint density at radius 1 is 1.22 bits per heavy atom. The normalized spacial score (nSPS) is 15.7. The number of carboxylic acids is 1. The summed E-state index contributed by atoms with van der Waals surface area (Å²) >= 11 is 0. The average Bonchev–Trinajstić information content (AvgIpc) is 3.62. The topological polar surface area (TPSA) is 114 Å². The zero-order valence-electron chi connectivity index (χ0n) is 20.3. The number of aliphatic carboxylic acids is 1. The lowest BCUT2D eigenvalue weighted by atomic mass is 9.92. The maximum atomic E-state index is 14.6. The smallest absolute Gasteiger partial charge is 0.304 e. The molecule has 1 saturated carbocycles. The number of rotatable bonds is 11. The van der Waals surface area contributed by atoms with E-state index in [2.05, 4.69) is 10.4 Å². The molecule has 0 spiro atoms. The van der Waals surface area contributed by atoms with Gasteiger partial charge in [0.1, 0.15) is 18.1 Å². The van der Waals surface area contributed by atoms with Crippen LogP contribution in [-0.2, 0) is 4.79 Å². The number of benzene rings is 2. The first-order chi connectivity index (χ1) is 17.2. The van der Waals surface area contributed by atoms with Crippen molar-refractivity contribution in [3.63, 3.8) is 0 Å². The van der Waals surface area contributed by atoms with Crippen molar-refractivity contribution in [1.29, 1.82) is 0 Å². The Morgan fingerprint density at radius 3 is 2.58 bits per heavy atom. The Morgan fingerprint density at radius 2 is 1.92 bits per heavy atom. The molecule has 2 atom stereocenters. The molecule has 1 fully saturated rings. The molecule has 1 aliphatic rings. The second-order valence-electron chi connectivity index (χ2n) is 9.51. The van der Waals surface area contributed by atoms with E-state index in [1.54, 1.807) is 19.1 Å². The number of ether oxygens (including phenoxy) is 1. The minimum absolute atomic E-state index is 0.0156. The molecule has 4 rings (SSSR count). The van der Waals surface area contributed by atoms with Gasteiger partial charge >= 0.3 is 5.97 Å². The number of halogens is 1. The summed E-state index contributed by atoms with van der Waals surface area (Å²) in [5, 5.41) is 27.1. The van der Waals surface area contributed by atoms with Gasteiger partial charge in [-0.25, -0.2) is 4.39 Å². The first-order valence-electron chi connectivity index (χ1n) is 11.9. The van der Waals surface area contributed by atoms with Crippen LogP contribution >= 0.6 is 0 Å². The quantitative estimate of drug-likeness (QED) is 0.372. The number of para-hydroxylation sites is 1. The van der Waals surface area contributed by atoms with Crippen LogP contribution in [0.3, 0.4) is 0 Å². The summed E-state index contributed by atoms with van der Waals surface area (Å²) in [6.45, 7) is 3.63. The fourth-order valence-electron chi connectivity index (χ4n) is 4.27. The number of nitrogens with zero attached hydrogens (tertiary/aromatic N) is 2. The second kappa shape index (κ2) is 10.5. The van der Waals surface area contributed by atoms with Gasteiger partial charge in [-0.3, -0.25) is 9.59 Å². The number of aromatic nitrogens is 2. The summed E-state index contributed by atoms with van der Waals surface area (Å²) in [7, 11) is 0. The molecule has 1 aliphatic carbocycles. The van der Waals surface area contributed by atoms with Crippen LogP contribution in [0, 0.1) is 18.7 Å². The predicted octanol–water partition coefficient (Wildman–Crippen LogP) is 3.85. The number of carbonyl (C=O) groups is 2. The molecule has 0 bridgehead atoms. The van der Waals surface area contributed by atoms with Gasteiger partial charge in [-0.05, 0) is 55.9 Å². The van der Waals surface area contributed by atoms with E-state index in [0.29, 0.717) is 0 Å². The predicted molar refractivity (Wildman–Crippen MR) is 131 cm³/mol. The van der Waals surface area contributed by atoms with Crippen molar-refractivity contribution in [3.8, 4) is 11.6 Å². The van der Waals surface area contributed by atoms with E-state index < -0.39 is 29.2 Å². The molecule has 0 saturated heterocycles. The summed E-state index contributed by atoms with van der Waals surface area (Å²) in [4.78, 5) is 24.5. The first-order valence-corrected chi connectivity index (χ1v) is 11.9. The minimum Gasteiger partial charge on any atom is -0.481 e. The molecular formula is C27H30FN3O5. The summed E-state index contributed by atoms with van der Waals surface area (Å²) in [6, 6.07) is 14.8. The van der Waals surface area contributed by atoms with Crippen LogP contribution in [0.4, 0.5) is 4.39 Å². The Kier molecular flexibility index (Phi) is 7.40. The standard InChI is InChI=1S/C27H30FN3O5/c1-17-7-3-4-8-20(17)18(13-25(32)33)15-29-26(34)22-14-24(36-16-27(2,35)19-11-12-19)31(30-22)23-10-6-5-9-21(23)28/h3-10,14,18-19,35H,11-13,15-16H2,1-2H3,(H,29,34)(H,32,33)/t18?,27-/m1/s1. The number of hydrogen-bond acceptors (Lipinski definition) is 5. The lowest BCUT2D eigenvalue weighted by Crippen LogP contribution is -2.35. The van der Waals surface area contributed by atoms with Gasteiger partial charge in [0.05, 0.1) is 12.0 Å². The highest BCUT2D eigenvalue weighted by atomic mass is 19.1. The molecule has 0 aliphatic heterocycles. The lowest BCUT2D eigenvalue weighted by Gasteiger charge is -2.23. The van der Waals surface area contributed by atoms with Crippen LogP contribution in [0.2, 0.25) is 0 Å². The first kappa shape index (κ1) is 25.4. The van der Waals surface area contributed by atoms with Crippen LogP contribution in [0.25, 0.3) is 5.69 Å². The molecule has 1 amide bonds. The fourth-order valence-corrected chi connectivity index (χ4v) is 4.27. The maximum absolute atomic E-state index is 14.6. The third-order valence-corrected chi connectivity index (χ3v) is 6.52. The van der Waals surface area contributed by atoms with E-state index >= 15 is 0 Å². The van der Waals surface area contributed by atoms with Gasteiger partial charge in [0, 0.05) is 18.5 Å². The van der Waals surface area contributed by atoms with E-state index in [0.717, 1.165) is 24.0 Å². The Hall–Kier alpha value is -3.72. The van der Waals surface area contributed by atoms with Crippen molar-refractivity contribution < 1.29 is 28.9 Å². The van der Waals surface area contributed by atoms with Crippen LogP contribution in [0.5, 0.6) is 5.88 Å². The van der Waals surface area contributed by atoms with Crippen molar-refractivity contribution >= 4 is 11.9 Å². The van der Waals surface area contributed by atoms with E-state index in [1.165, 1.54) is 22.9 Å². The zero-order chi connectivity index (χ0) is 25.9. The molecule has 36 heavy (non-hydrogen) atoms. The van der Waals surface area contributed by atoms with Crippen molar-refractivity contribution in [2.75, 3.05) is 13.2 Å². The van der Waals surface area contributed by atoms with E-state index in [1.807, 2.05) is 31.2 Å². The van der Waals surface area contributed by atoms with Crippen molar-refractivity contribution in [2.24, 2.45) is 5.92 Å². The van der Waals surface area contributed by atoms with Gasteiger partial charge in [-0.15, -0.1) is 0 Å². The molecule has 3 aromatic rings. The number of aliphatic hydroxyl groups is 1. The van der Waals surface area contributed by atoms with Gasteiger partial charge in [0.25, 0.3) is 5.91 Å². The highest BCUT2D eigenvalue weighted by Gasteiger charge is 2.41. The van der Waals surface area contributed by atoms with Crippen molar-refractivity contribution in [3.05, 3.63) is 77.2 Å². The van der Waals surface area contributed by atoms with E-state index in [-0.39, 0.29) is 42.8 Å². The van der Waals surface area contributed by atoms with Gasteiger partial charge in [-0.1, -0.05) is 36.4 Å². The number of aryl methyl sites for hydroxylation is 1. The number of carbonyl (C=O) groups excluding carboxylic acids is 1. The van der Waals surface area contributed by atoms with Crippen molar-refractivity contribution in [2.45, 2.75) is 44.6 Å². The Labute approximate surface area is 208 Å². The molecule has 8 nitrogen and oxygen atoms in total. The number of carboxylic acid groups (broad SMARTS) is 1. The lowest BCUT2D eigenvalue weighted by molar-refractivity contribution is -0.137. The largest absolute Gasteiger partial charge is 0.481 e. The number of amides is 1. The van der Waals surface area contributed by atoms with Crippen molar-refractivity contribution in [1.82, 2.24) is 15.1 Å². The fraction of sp³-hybridized carbons (Fsp3) is 0.370. The maximum Gasteiger partial charge on any atom is 0.304 e. The third kappa shape index (κ3) is 5.91. The molecule has 3 N–H and O–H groups in total. The molecule has 2 aromatic carbocycles. The van der Waals surface area contributed by atoms with Crippen LogP contribution in [0.15, 0.2) is 54.6 Å². The molecular weight excluding hydrogens is 465 g/mol. The number of nitrogens with one attached hydrogen (secondary N) is 1. The highest BCUT2D eigenvalue weighted by molar-refractivity contribution is 5.92. The van der Waals surface area contributed by atoms with E-state index in [9.17, 15) is 24.2 Å². The summed E-state index contributed by atoms with van der Waals surface area (Å²) in [6.07, 6.45) is 1.67. The molecule has 190 valence electrons. The Balaban J connectivity index is 1.56. The molecule has 0 radical (unpaired) electrons. The van der Waals surface area contributed by atoms with Gasteiger partial charge in [-0.2, -0.15) is 9.78 Å². The monoisotopic (exact) mass is 495 g/mol. The second-order valence-corrected chi connectivity index (χ2v) is 9.51. The molecule has 1 heterocycles. The summed E-state index contributed by atoms with van der Waals surface area (Å²) in [5.74, 6) is -2.25. The van der Waals surface area contributed by atoms with E-state index in [4.69, 9.17) is 4.74 Å². The van der Waals surface area contributed by atoms with Gasteiger partial charge in [0.15, 0.2) is 5.69 Å². The summed E-state index contributed by atoms with van der Waals surface area (Å²) < 4.78 is 21.6. The van der Waals surface area contributed by atoms with Gasteiger partial charge in [0.2, 0.25) is 5.88 Å². The number of hydrogen-bond donors (Lipinski definition) is 3. The molecule has 1 unspecified atom stereocenters.